The van der Waals surface area contributed by atoms with Gasteiger partial charge in [0, 0.05) is 12.4 Å². The second-order valence-corrected chi connectivity index (χ2v) is 7.98. The van der Waals surface area contributed by atoms with Gasteiger partial charge in [-0.3, -0.25) is 9.97 Å². The van der Waals surface area contributed by atoms with E-state index in [-0.39, 0.29) is 0 Å². The molecule has 0 aliphatic heterocycles. The zero-order chi connectivity index (χ0) is 21.3. The summed E-state index contributed by atoms with van der Waals surface area (Å²) >= 11 is 0. The highest BCUT2D eigenvalue weighted by atomic mass is 14.8. The molecule has 0 atom stereocenters. The number of hydrogen-bond acceptors (Lipinski definition) is 2. The van der Waals surface area contributed by atoms with Crippen molar-refractivity contribution in [1.29, 1.82) is 0 Å². The van der Waals surface area contributed by atoms with E-state index in [9.17, 15) is 0 Å². The van der Waals surface area contributed by atoms with Gasteiger partial charge in [0.15, 0.2) is 0 Å². The molecule has 2 heterocycles. The van der Waals surface area contributed by atoms with Crippen molar-refractivity contribution in [3.05, 3.63) is 122 Å². The van der Waals surface area contributed by atoms with Gasteiger partial charge in [0.05, 0.1) is 11.4 Å². The summed E-state index contributed by atoms with van der Waals surface area (Å²) in [5, 5.41) is 4.96. The highest BCUT2D eigenvalue weighted by Crippen LogP contribution is 2.29. The van der Waals surface area contributed by atoms with Crippen LogP contribution in [-0.2, 0) is 0 Å². The Hall–Kier alpha value is -4.30. The Morgan fingerprint density at radius 1 is 0.344 bits per heavy atom. The molecule has 0 spiro atoms. The molecule has 0 fully saturated rings. The number of nitrogens with zero attached hydrogens (tertiary/aromatic N) is 2. The minimum Gasteiger partial charge on any atom is -0.255 e. The fraction of sp³-hybridized carbons (Fsp3) is 0. The van der Waals surface area contributed by atoms with Crippen LogP contribution in [0.5, 0.6) is 0 Å². The smallest absolute Gasteiger partial charge is 0.0892 e. The molecule has 6 aromatic rings. The van der Waals surface area contributed by atoms with E-state index in [4.69, 9.17) is 0 Å². The molecule has 0 N–H and O–H groups in total. The zero-order valence-electron chi connectivity index (χ0n) is 17.4. The van der Waals surface area contributed by atoms with Crippen molar-refractivity contribution in [3.8, 4) is 33.6 Å². The maximum atomic E-state index is 4.62. The van der Waals surface area contributed by atoms with Crippen LogP contribution in [0.25, 0.3) is 55.2 Å². The molecule has 2 aromatic heterocycles. The van der Waals surface area contributed by atoms with Crippen molar-refractivity contribution >= 4 is 21.5 Å². The first-order valence-corrected chi connectivity index (χ1v) is 10.7. The third-order valence-electron chi connectivity index (χ3n) is 5.95. The summed E-state index contributed by atoms with van der Waals surface area (Å²) in [6, 6.07) is 38.4. The van der Waals surface area contributed by atoms with E-state index in [1.165, 1.54) is 32.7 Å². The molecule has 0 radical (unpaired) electrons. The fourth-order valence-electron chi connectivity index (χ4n) is 4.24. The molecule has 0 bridgehead atoms. The van der Waals surface area contributed by atoms with Gasteiger partial charge in [0.25, 0.3) is 0 Å². The monoisotopic (exact) mass is 408 g/mol. The van der Waals surface area contributed by atoms with Gasteiger partial charge in [0.2, 0.25) is 0 Å². The quantitative estimate of drug-likeness (QED) is 0.299. The fourth-order valence-corrected chi connectivity index (χ4v) is 4.24. The molecule has 0 unspecified atom stereocenters. The van der Waals surface area contributed by atoms with E-state index in [2.05, 4.69) is 119 Å². The lowest BCUT2D eigenvalue weighted by Gasteiger charge is -2.08. The van der Waals surface area contributed by atoms with Crippen LogP contribution >= 0.6 is 0 Å². The van der Waals surface area contributed by atoms with Crippen LogP contribution in [0.15, 0.2) is 122 Å². The molecule has 0 aliphatic rings. The van der Waals surface area contributed by atoms with E-state index in [1.807, 2.05) is 12.4 Å². The van der Waals surface area contributed by atoms with Crippen molar-refractivity contribution in [2.75, 3.05) is 0 Å². The Morgan fingerprint density at radius 3 is 1.22 bits per heavy atom. The minimum absolute atomic E-state index is 0.873. The molecule has 2 nitrogen and oxygen atoms in total. The van der Waals surface area contributed by atoms with Crippen LogP contribution < -0.4 is 0 Å². The van der Waals surface area contributed by atoms with Gasteiger partial charge in [-0.15, -0.1) is 0 Å². The summed E-state index contributed by atoms with van der Waals surface area (Å²) in [6.45, 7) is 0. The molecular weight excluding hydrogens is 388 g/mol. The first kappa shape index (κ1) is 18.5. The molecule has 0 aliphatic carbocycles. The van der Waals surface area contributed by atoms with Crippen LogP contribution in [0, 0.1) is 0 Å². The van der Waals surface area contributed by atoms with Gasteiger partial charge >= 0.3 is 0 Å². The molecule has 4 aromatic carbocycles. The molecular formula is C30H20N2. The summed E-state index contributed by atoms with van der Waals surface area (Å²) < 4.78 is 0. The maximum Gasteiger partial charge on any atom is 0.0892 e. The molecule has 0 amide bonds. The average molecular weight is 409 g/mol. The van der Waals surface area contributed by atoms with Crippen LogP contribution in [0.2, 0.25) is 0 Å². The van der Waals surface area contributed by atoms with Gasteiger partial charge < -0.3 is 0 Å². The summed E-state index contributed by atoms with van der Waals surface area (Å²) in [5.41, 5.74) is 6.38. The summed E-state index contributed by atoms with van der Waals surface area (Å²) in [7, 11) is 0. The van der Waals surface area contributed by atoms with Gasteiger partial charge in [-0.1, -0.05) is 72.8 Å². The van der Waals surface area contributed by atoms with E-state index >= 15 is 0 Å². The van der Waals surface area contributed by atoms with E-state index in [0.29, 0.717) is 0 Å². The van der Waals surface area contributed by atoms with E-state index < -0.39 is 0 Å². The first-order chi connectivity index (χ1) is 15.8. The molecule has 2 heteroatoms. The average Bonchev–Trinajstić information content (AvgIpc) is 2.88. The molecule has 32 heavy (non-hydrogen) atoms. The second-order valence-electron chi connectivity index (χ2n) is 7.98. The summed E-state index contributed by atoms with van der Waals surface area (Å²) in [5.74, 6) is 0. The van der Waals surface area contributed by atoms with Gasteiger partial charge in [0.1, 0.15) is 0 Å². The predicted molar refractivity (Wildman–Crippen MR) is 133 cm³/mol. The molecule has 0 saturated carbocycles. The Balaban J connectivity index is 1.39. The number of benzene rings is 4. The van der Waals surface area contributed by atoms with Crippen molar-refractivity contribution in [2.24, 2.45) is 0 Å². The number of pyridine rings is 2. The lowest BCUT2D eigenvalue weighted by Crippen LogP contribution is -1.90. The van der Waals surface area contributed by atoms with Crippen molar-refractivity contribution in [1.82, 2.24) is 9.97 Å². The Morgan fingerprint density at radius 2 is 0.750 bits per heavy atom. The van der Waals surface area contributed by atoms with Gasteiger partial charge in [-0.25, -0.2) is 0 Å². The number of rotatable bonds is 3. The Labute approximate surface area is 186 Å². The van der Waals surface area contributed by atoms with Crippen molar-refractivity contribution < 1.29 is 0 Å². The predicted octanol–water partition coefficient (Wildman–Crippen LogP) is 7.78. The van der Waals surface area contributed by atoms with Crippen LogP contribution in [0.4, 0.5) is 0 Å². The minimum atomic E-state index is 0.873. The maximum absolute atomic E-state index is 4.62. The summed E-state index contributed by atoms with van der Waals surface area (Å²) in [4.78, 5) is 9.24. The SMILES string of the molecule is c1ccc2cc(-c3ccnc(-c4cc(-c5ccc6ccccc6c5)ccn4)c3)ccc2c1. The highest BCUT2D eigenvalue weighted by molar-refractivity contribution is 5.89. The zero-order valence-corrected chi connectivity index (χ0v) is 17.4. The number of hydrogen-bond donors (Lipinski definition) is 0. The Kier molecular flexibility index (Phi) is 4.47. The third kappa shape index (κ3) is 3.42. The standard InChI is InChI=1S/C30H20N2/c1-3-7-23-17-25(11-9-21(23)5-1)27-13-15-31-29(19-27)30-20-28(14-16-32-30)26-12-10-22-6-2-4-8-24(22)18-26/h1-20H. The van der Waals surface area contributed by atoms with E-state index in [1.54, 1.807) is 0 Å². The molecule has 150 valence electrons. The number of aromatic nitrogens is 2. The third-order valence-corrected chi connectivity index (χ3v) is 5.95. The first-order valence-electron chi connectivity index (χ1n) is 10.7. The molecule has 0 saturated heterocycles. The van der Waals surface area contributed by atoms with Crippen LogP contribution in [0.3, 0.4) is 0 Å². The molecule has 6 rings (SSSR count). The van der Waals surface area contributed by atoms with Crippen molar-refractivity contribution in [2.45, 2.75) is 0 Å². The van der Waals surface area contributed by atoms with Gasteiger partial charge in [-0.2, -0.15) is 0 Å². The van der Waals surface area contributed by atoms with Crippen molar-refractivity contribution in [3.63, 3.8) is 0 Å². The van der Waals surface area contributed by atoms with E-state index in [0.717, 1.165) is 22.5 Å². The highest BCUT2D eigenvalue weighted by Gasteiger charge is 2.08. The lowest BCUT2D eigenvalue weighted by molar-refractivity contribution is 1.25. The summed E-state index contributed by atoms with van der Waals surface area (Å²) in [6.07, 6.45) is 3.73. The van der Waals surface area contributed by atoms with Gasteiger partial charge in [-0.05, 0) is 80.2 Å². The topological polar surface area (TPSA) is 25.8 Å². The second kappa shape index (κ2) is 7.75. The Bertz CT molecular complexity index is 1460. The van der Waals surface area contributed by atoms with Crippen LogP contribution in [0.1, 0.15) is 0 Å². The van der Waals surface area contributed by atoms with Crippen LogP contribution in [-0.4, -0.2) is 9.97 Å². The lowest BCUT2D eigenvalue weighted by atomic mass is 9.99. The largest absolute Gasteiger partial charge is 0.255 e. The number of fused-ring (bicyclic) bond motifs is 2. The normalized spacial score (nSPS) is 11.1.